The molecule has 0 aliphatic carbocycles. The van der Waals surface area contributed by atoms with Gasteiger partial charge < -0.3 is 14.5 Å². The highest BCUT2D eigenvalue weighted by Crippen LogP contribution is 2.33. The standard InChI is InChI=1S/C20H14Cl2N2O3/c1-26-13-5-12(6-14(8-13)27-2)19-9-15(16(10-23)20(25)24-19)11-3-4-17(21)18(22)7-11/h3-9H,1-2H3,(H,24,25). The van der Waals surface area contributed by atoms with Gasteiger partial charge in [0, 0.05) is 22.9 Å². The number of ether oxygens (including phenoxy) is 2. The third kappa shape index (κ3) is 3.77. The summed E-state index contributed by atoms with van der Waals surface area (Å²) in [6.45, 7) is 0. The number of hydrogen-bond acceptors (Lipinski definition) is 4. The number of nitrogens with zero attached hydrogens (tertiary/aromatic N) is 1. The average molecular weight is 401 g/mol. The van der Waals surface area contributed by atoms with Crippen molar-refractivity contribution in [2.45, 2.75) is 0 Å². The summed E-state index contributed by atoms with van der Waals surface area (Å²) in [5, 5.41) is 10.2. The molecule has 7 heteroatoms. The summed E-state index contributed by atoms with van der Waals surface area (Å²) >= 11 is 12.1. The van der Waals surface area contributed by atoms with Gasteiger partial charge in [0.25, 0.3) is 5.56 Å². The minimum atomic E-state index is -0.502. The van der Waals surface area contributed by atoms with Crippen molar-refractivity contribution < 1.29 is 9.47 Å². The maximum atomic E-state index is 12.5. The molecule has 1 heterocycles. The summed E-state index contributed by atoms with van der Waals surface area (Å²) < 4.78 is 10.6. The summed E-state index contributed by atoms with van der Waals surface area (Å²) in [5.74, 6) is 1.15. The zero-order chi connectivity index (χ0) is 19.6. The molecule has 5 nitrogen and oxygen atoms in total. The molecule has 0 radical (unpaired) electrons. The van der Waals surface area contributed by atoms with Gasteiger partial charge in [-0.05, 0) is 35.9 Å². The normalized spacial score (nSPS) is 10.3. The Hall–Kier alpha value is -2.94. The Balaban J connectivity index is 2.25. The molecule has 136 valence electrons. The number of nitriles is 1. The highest BCUT2D eigenvalue weighted by atomic mass is 35.5. The van der Waals surface area contributed by atoms with E-state index in [9.17, 15) is 10.1 Å². The topological polar surface area (TPSA) is 75.1 Å². The predicted molar refractivity (Wildman–Crippen MR) is 106 cm³/mol. The predicted octanol–water partition coefficient (Wildman–Crippen LogP) is 4.90. The second-order valence-electron chi connectivity index (χ2n) is 5.64. The van der Waals surface area contributed by atoms with Crippen molar-refractivity contribution in [2.75, 3.05) is 14.2 Å². The summed E-state index contributed by atoms with van der Waals surface area (Å²) in [6, 6.07) is 13.9. The van der Waals surface area contributed by atoms with Crippen LogP contribution in [0.2, 0.25) is 10.0 Å². The molecule has 0 amide bonds. The number of aromatic amines is 1. The van der Waals surface area contributed by atoms with Crippen LogP contribution in [0.3, 0.4) is 0 Å². The van der Waals surface area contributed by atoms with Crippen LogP contribution in [0, 0.1) is 11.3 Å². The lowest BCUT2D eigenvalue weighted by Crippen LogP contribution is -2.12. The van der Waals surface area contributed by atoms with Crippen LogP contribution in [-0.2, 0) is 0 Å². The van der Waals surface area contributed by atoms with Crippen molar-refractivity contribution in [3.8, 4) is 40.0 Å². The number of hydrogen-bond donors (Lipinski definition) is 1. The van der Waals surface area contributed by atoms with E-state index in [-0.39, 0.29) is 5.56 Å². The first kappa shape index (κ1) is 18.8. The van der Waals surface area contributed by atoms with Gasteiger partial charge in [0.15, 0.2) is 0 Å². The van der Waals surface area contributed by atoms with Crippen molar-refractivity contribution in [1.82, 2.24) is 4.98 Å². The molecule has 27 heavy (non-hydrogen) atoms. The fraction of sp³-hybridized carbons (Fsp3) is 0.100. The monoisotopic (exact) mass is 400 g/mol. The first-order chi connectivity index (χ1) is 13.0. The van der Waals surface area contributed by atoms with E-state index in [2.05, 4.69) is 4.98 Å². The molecule has 0 aliphatic heterocycles. The Labute approximate surface area is 165 Å². The van der Waals surface area contributed by atoms with Crippen LogP contribution in [0.4, 0.5) is 0 Å². The second-order valence-corrected chi connectivity index (χ2v) is 6.46. The smallest absolute Gasteiger partial charge is 0.266 e. The molecule has 0 saturated heterocycles. The van der Waals surface area contributed by atoms with E-state index < -0.39 is 5.56 Å². The third-order valence-corrected chi connectivity index (χ3v) is 4.78. The highest BCUT2D eigenvalue weighted by Gasteiger charge is 2.14. The molecule has 3 aromatic rings. The molecular weight excluding hydrogens is 387 g/mol. The molecule has 0 saturated carbocycles. The van der Waals surface area contributed by atoms with Crippen LogP contribution in [0.25, 0.3) is 22.4 Å². The van der Waals surface area contributed by atoms with Crippen molar-refractivity contribution in [3.63, 3.8) is 0 Å². The van der Waals surface area contributed by atoms with Gasteiger partial charge in [0.2, 0.25) is 0 Å². The Morgan fingerprint density at radius 2 is 1.59 bits per heavy atom. The minimum absolute atomic E-state index is 0.00741. The lowest BCUT2D eigenvalue weighted by Gasteiger charge is -2.11. The van der Waals surface area contributed by atoms with Gasteiger partial charge in [0.05, 0.1) is 24.3 Å². The van der Waals surface area contributed by atoms with E-state index in [0.29, 0.717) is 43.9 Å². The van der Waals surface area contributed by atoms with Crippen molar-refractivity contribution in [2.24, 2.45) is 0 Å². The van der Waals surface area contributed by atoms with Gasteiger partial charge in [-0.25, -0.2) is 0 Å². The number of rotatable bonds is 4. The van der Waals surface area contributed by atoms with Crippen molar-refractivity contribution in [1.29, 1.82) is 5.26 Å². The molecule has 1 aromatic heterocycles. The van der Waals surface area contributed by atoms with Crippen LogP contribution < -0.4 is 15.0 Å². The SMILES string of the molecule is COc1cc(OC)cc(-c2cc(-c3ccc(Cl)c(Cl)c3)c(C#N)c(=O)[nH]2)c1. The third-order valence-electron chi connectivity index (χ3n) is 4.04. The fourth-order valence-corrected chi connectivity index (χ4v) is 2.98. The van der Waals surface area contributed by atoms with Crippen LogP contribution >= 0.6 is 23.2 Å². The maximum Gasteiger partial charge on any atom is 0.266 e. The summed E-state index contributed by atoms with van der Waals surface area (Å²) in [7, 11) is 3.09. The molecule has 0 spiro atoms. The van der Waals surface area contributed by atoms with Crippen molar-refractivity contribution in [3.05, 3.63) is 68.4 Å². The van der Waals surface area contributed by atoms with Gasteiger partial charge in [-0.15, -0.1) is 0 Å². The molecule has 0 aliphatic rings. The van der Waals surface area contributed by atoms with Crippen LogP contribution in [0.1, 0.15) is 5.56 Å². The number of benzene rings is 2. The summed E-state index contributed by atoms with van der Waals surface area (Å²) in [4.78, 5) is 15.2. The molecule has 1 N–H and O–H groups in total. The number of pyridine rings is 1. The fourth-order valence-electron chi connectivity index (χ4n) is 2.68. The van der Waals surface area contributed by atoms with E-state index in [1.54, 1.807) is 56.7 Å². The molecule has 0 atom stereocenters. The van der Waals surface area contributed by atoms with E-state index in [0.717, 1.165) is 0 Å². The van der Waals surface area contributed by atoms with Gasteiger partial charge in [-0.1, -0.05) is 29.3 Å². The zero-order valence-corrected chi connectivity index (χ0v) is 16.0. The molecule has 2 aromatic carbocycles. The van der Waals surface area contributed by atoms with E-state index in [1.165, 1.54) is 0 Å². The Kier molecular flexibility index (Phi) is 5.41. The second kappa shape index (κ2) is 7.75. The maximum absolute atomic E-state index is 12.5. The average Bonchev–Trinajstić information content (AvgIpc) is 2.68. The first-order valence-corrected chi connectivity index (χ1v) is 8.58. The molecule has 0 bridgehead atoms. The quantitative estimate of drug-likeness (QED) is 0.675. The summed E-state index contributed by atoms with van der Waals surface area (Å²) in [5.41, 5.74) is 1.75. The number of nitrogens with one attached hydrogen (secondary N) is 1. The van der Waals surface area contributed by atoms with Crippen LogP contribution in [0.5, 0.6) is 11.5 Å². The molecule has 0 fully saturated rings. The number of methoxy groups -OCH3 is 2. The zero-order valence-electron chi connectivity index (χ0n) is 14.5. The summed E-state index contributed by atoms with van der Waals surface area (Å²) in [6.07, 6.45) is 0. The van der Waals surface area contributed by atoms with E-state index >= 15 is 0 Å². The van der Waals surface area contributed by atoms with E-state index in [4.69, 9.17) is 32.7 Å². The minimum Gasteiger partial charge on any atom is -0.497 e. The van der Waals surface area contributed by atoms with Gasteiger partial charge in [-0.3, -0.25) is 4.79 Å². The number of halogens is 2. The van der Waals surface area contributed by atoms with Crippen LogP contribution in [-0.4, -0.2) is 19.2 Å². The molecular formula is C20H14Cl2N2O3. The lowest BCUT2D eigenvalue weighted by atomic mass is 9.99. The Morgan fingerprint density at radius 1 is 0.926 bits per heavy atom. The molecule has 3 rings (SSSR count). The molecule has 0 unspecified atom stereocenters. The Morgan fingerprint density at radius 3 is 2.15 bits per heavy atom. The Bertz CT molecular complexity index is 1090. The first-order valence-electron chi connectivity index (χ1n) is 7.83. The van der Waals surface area contributed by atoms with Crippen molar-refractivity contribution >= 4 is 23.2 Å². The lowest BCUT2D eigenvalue weighted by molar-refractivity contribution is 0.394. The van der Waals surface area contributed by atoms with Crippen LogP contribution in [0.15, 0.2) is 47.3 Å². The van der Waals surface area contributed by atoms with Gasteiger partial charge >= 0.3 is 0 Å². The van der Waals surface area contributed by atoms with Gasteiger partial charge in [-0.2, -0.15) is 5.26 Å². The van der Waals surface area contributed by atoms with E-state index in [1.807, 2.05) is 6.07 Å². The largest absolute Gasteiger partial charge is 0.497 e. The number of aromatic nitrogens is 1. The number of H-pyrrole nitrogens is 1. The highest BCUT2D eigenvalue weighted by molar-refractivity contribution is 6.42. The van der Waals surface area contributed by atoms with Gasteiger partial charge in [0.1, 0.15) is 23.1 Å².